The minimum atomic E-state index is -1.23. The molecular weight excluding hydrogens is 324 g/mol. The SMILES string of the molecule is Cc1cc(N2CCOCC2)ccc1NC=C1C(=O)OC(C)(C)OC1=O. The number of carbonyl (C=O) groups excluding carboxylic acids is 2. The van der Waals surface area contributed by atoms with Crippen LogP contribution in [0.2, 0.25) is 0 Å². The molecule has 3 rings (SSSR count). The van der Waals surface area contributed by atoms with E-state index in [2.05, 4.69) is 16.3 Å². The van der Waals surface area contributed by atoms with E-state index in [4.69, 9.17) is 14.2 Å². The standard InChI is InChI=1S/C18H22N2O5/c1-12-10-13(20-6-8-23-9-7-20)4-5-15(12)19-11-14-16(21)24-18(2,3)25-17(14)22/h4-5,10-11,19H,6-9H2,1-3H3. The Morgan fingerprint density at radius 2 is 1.76 bits per heavy atom. The first-order valence-corrected chi connectivity index (χ1v) is 8.22. The van der Waals surface area contributed by atoms with Gasteiger partial charge in [0.05, 0.1) is 13.2 Å². The maximum absolute atomic E-state index is 11.9. The van der Waals surface area contributed by atoms with E-state index in [-0.39, 0.29) is 5.57 Å². The van der Waals surface area contributed by atoms with E-state index in [0.29, 0.717) is 0 Å². The Bertz CT molecular complexity index is 698. The molecule has 134 valence electrons. The van der Waals surface area contributed by atoms with Crippen LogP contribution in [0.5, 0.6) is 0 Å². The molecule has 1 aromatic carbocycles. The summed E-state index contributed by atoms with van der Waals surface area (Å²) in [5.74, 6) is -2.63. The van der Waals surface area contributed by atoms with Crippen LogP contribution < -0.4 is 10.2 Å². The zero-order valence-electron chi connectivity index (χ0n) is 14.6. The number of hydrogen-bond acceptors (Lipinski definition) is 7. The van der Waals surface area contributed by atoms with Crippen molar-refractivity contribution in [2.75, 3.05) is 36.5 Å². The van der Waals surface area contributed by atoms with Gasteiger partial charge in [-0.15, -0.1) is 0 Å². The van der Waals surface area contributed by atoms with Gasteiger partial charge in [0.1, 0.15) is 0 Å². The molecular formula is C18H22N2O5. The number of benzene rings is 1. The summed E-state index contributed by atoms with van der Waals surface area (Å²) in [6.07, 6.45) is 1.33. The van der Waals surface area contributed by atoms with E-state index in [0.717, 1.165) is 43.2 Å². The largest absolute Gasteiger partial charge is 0.419 e. The molecule has 0 aliphatic carbocycles. The minimum Gasteiger partial charge on any atom is -0.419 e. The number of morpholine rings is 1. The summed E-state index contributed by atoms with van der Waals surface area (Å²) in [5, 5.41) is 2.99. The molecule has 25 heavy (non-hydrogen) atoms. The first-order chi connectivity index (χ1) is 11.9. The highest BCUT2D eigenvalue weighted by atomic mass is 16.7. The van der Waals surface area contributed by atoms with Gasteiger partial charge in [-0.05, 0) is 30.7 Å². The van der Waals surface area contributed by atoms with E-state index in [1.165, 1.54) is 20.0 Å². The fourth-order valence-corrected chi connectivity index (χ4v) is 2.76. The molecule has 0 aromatic heterocycles. The summed E-state index contributed by atoms with van der Waals surface area (Å²) >= 11 is 0. The van der Waals surface area contributed by atoms with Crippen LogP contribution in [0, 0.1) is 6.92 Å². The number of carbonyl (C=O) groups is 2. The Balaban J connectivity index is 1.72. The van der Waals surface area contributed by atoms with Gasteiger partial charge in [0.25, 0.3) is 5.79 Å². The highest BCUT2D eigenvalue weighted by Crippen LogP contribution is 2.25. The van der Waals surface area contributed by atoms with Crippen LogP contribution in [-0.2, 0) is 23.8 Å². The van der Waals surface area contributed by atoms with Crippen molar-refractivity contribution in [3.05, 3.63) is 35.5 Å². The molecule has 2 saturated heterocycles. The number of rotatable bonds is 3. The summed E-state index contributed by atoms with van der Waals surface area (Å²) in [6.45, 7) is 8.18. The average molecular weight is 346 g/mol. The molecule has 0 unspecified atom stereocenters. The highest BCUT2D eigenvalue weighted by Gasteiger charge is 2.38. The zero-order chi connectivity index (χ0) is 18.0. The quantitative estimate of drug-likeness (QED) is 0.509. The van der Waals surface area contributed by atoms with Crippen LogP contribution in [0.4, 0.5) is 11.4 Å². The lowest BCUT2D eigenvalue weighted by Gasteiger charge is -2.30. The van der Waals surface area contributed by atoms with Gasteiger partial charge in [0.2, 0.25) is 0 Å². The van der Waals surface area contributed by atoms with Gasteiger partial charge in [-0.2, -0.15) is 0 Å². The second-order valence-electron chi connectivity index (χ2n) is 6.48. The molecule has 0 spiro atoms. The van der Waals surface area contributed by atoms with Crippen molar-refractivity contribution < 1.29 is 23.8 Å². The van der Waals surface area contributed by atoms with Crippen LogP contribution in [0.1, 0.15) is 19.4 Å². The van der Waals surface area contributed by atoms with Gasteiger partial charge in [0.15, 0.2) is 5.57 Å². The number of cyclic esters (lactones) is 2. The third-order valence-corrected chi connectivity index (χ3v) is 4.08. The Morgan fingerprint density at radius 3 is 2.36 bits per heavy atom. The third kappa shape index (κ3) is 3.93. The normalized spacial score (nSPS) is 20.0. The van der Waals surface area contributed by atoms with Crippen LogP contribution >= 0.6 is 0 Å². The summed E-state index contributed by atoms with van der Waals surface area (Å²) in [6, 6.07) is 5.98. The molecule has 0 radical (unpaired) electrons. The van der Waals surface area contributed by atoms with E-state index < -0.39 is 17.7 Å². The van der Waals surface area contributed by atoms with Crippen molar-refractivity contribution in [1.82, 2.24) is 0 Å². The fourth-order valence-electron chi connectivity index (χ4n) is 2.76. The number of aryl methyl sites for hydroxylation is 1. The molecule has 2 aliphatic rings. The van der Waals surface area contributed by atoms with Gasteiger partial charge < -0.3 is 24.4 Å². The van der Waals surface area contributed by atoms with Crippen molar-refractivity contribution in [2.45, 2.75) is 26.6 Å². The Labute approximate surface area is 146 Å². The third-order valence-electron chi connectivity index (χ3n) is 4.08. The van der Waals surface area contributed by atoms with Gasteiger partial charge in [-0.3, -0.25) is 0 Å². The van der Waals surface area contributed by atoms with E-state index in [9.17, 15) is 9.59 Å². The molecule has 0 saturated carbocycles. The number of anilines is 2. The summed E-state index contributed by atoms with van der Waals surface area (Å²) in [4.78, 5) is 26.1. The summed E-state index contributed by atoms with van der Waals surface area (Å²) in [7, 11) is 0. The van der Waals surface area contributed by atoms with Crippen molar-refractivity contribution in [1.29, 1.82) is 0 Å². The molecule has 1 N–H and O–H groups in total. The molecule has 2 heterocycles. The van der Waals surface area contributed by atoms with Crippen molar-refractivity contribution >= 4 is 23.3 Å². The zero-order valence-corrected chi connectivity index (χ0v) is 14.6. The number of nitrogens with one attached hydrogen (secondary N) is 1. The minimum absolute atomic E-state index is 0.156. The average Bonchev–Trinajstić information content (AvgIpc) is 2.55. The summed E-state index contributed by atoms with van der Waals surface area (Å²) < 4.78 is 15.5. The van der Waals surface area contributed by atoms with Crippen LogP contribution in [0.15, 0.2) is 30.0 Å². The van der Waals surface area contributed by atoms with Crippen LogP contribution in [-0.4, -0.2) is 44.0 Å². The summed E-state index contributed by atoms with van der Waals surface area (Å²) in [5.41, 5.74) is 2.77. The molecule has 0 amide bonds. The number of hydrogen-bond donors (Lipinski definition) is 1. The van der Waals surface area contributed by atoms with Gasteiger partial charge in [-0.25, -0.2) is 9.59 Å². The number of ether oxygens (including phenoxy) is 3. The molecule has 0 atom stereocenters. The monoisotopic (exact) mass is 346 g/mol. The number of nitrogens with zero attached hydrogens (tertiary/aromatic N) is 1. The molecule has 7 nitrogen and oxygen atoms in total. The molecule has 1 aromatic rings. The molecule has 2 fully saturated rings. The number of esters is 2. The maximum atomic E-state index is 11.9. The van der Waals surface area contributed by atoms with Gasteiger partial charge in [-0.1, -0.05) is 0 Å². The van der Waals surface area contributed by atoms with Crippen molar-refractivity contribution in [2.24, 2.45) is 0 Å². The first-order valence-electron chi connectivity index (χ1n) is 8.22. The molecule has 7 heteroatoms. The highest BCUT2D eigenvalue weighted by molar-refractivity contribution is 6.15. The second-order valence-corrected chi connectivity index (χ2v) is 6.48. The van der Waals surface area contributed by atoms with E-state index in [1.54, 1.807) is 0 Å². The molecule has 0 bridgehead atoms. The van der Waals surface area contributed by atoms with E-state index >= 15 is 0 Å². The second kappa shape index (κ2) is 6.76. The molecule has 2 aliphatic heterocycles. The fraction of sp³-hybridized carbons (Fsp3) is 0.444. The maximum Gasteiger partial charge on any atom is 0.350 e. The van der Waals surface area contributed by atoms with Crippen LogP contribution in [0.25, 0.3) is 0 Å². The van der Waals surface area contributed by atoms with Gasteiger partial charge in [0, 0.05) is 44.5 Å². The van der Waals surface area contributed by atoms with Crippen molar-refractivity contribution in [3.63, 3.8) is 0 Å². The Hall–Kier alpha value is -2.54. The van der Waals surface area contributed by atoms with E-state index in [1.807, 2.05) is 19.1 Å². The first kappa shape index (κ1) is 17.3. The predicted octanol–water partition coefficient (Wildman–Crippen LogP) is 1.96. The topological polar surface area (TPSA) is 77.1 Å². The van der Waals surface area contributed by atoms with Crippen LogP contribution in [0.3, 0.4) is 0 Å². The smallest absolute Gasteiger partial charge is 0.350 e. The van der Waals surface area contributed by atoms with Crippen molar-refractivity contribution in [3.8, 4) is 0 Å². The Morgan fingerprint density at radius 1 is 1.12 bits per heavy atom. The Kier molecular flexibility index (Phi) is 4.67. The lowest BCUT2D eigenvalue weighted by molar-refractivity contribution is -0.222. The lowest BCUT2D eigenvalue weighted by Crippen LogP contribution is -2.42. The van der Waals surface area contributed by atoms with Gasteiger partial charge >= 0.3 is 11.9 Å². The lowest BCUT2D eigenvalue weighted by atomic mass is 10.1. The predicted molar refractivity (Wildman–Crippen MR) is 92.2 cm³/mol.